The smallest absolute Gasteiger partial charge is 0.240 e. The van der Waals surface area contributed by atoms with Gasteiger partial charge in [0.1, 0.15) is 0 Å². The fourth-order valence-corrected chi connectivity index (χ4v) is 7.15. The molecular formula is C25H24N2Si. The van der Waals surface area contributed by atoms with Crippen molar-refractivity contribution in [1.29, 1.82) is 0 Å². The van der Waals surface area contributed by atoms with Gasteiger partial charge in [-0.3, -0.25) is 0 Å². The average Bonchev–Trinajstić information content (AvgIpc) is 2.79. The molecule has 0 aromatic heterocycles. The molecule has 0 saturated carbocycles. The van der Waals surface area contributed by atoms with E-state index in [1.54, 1.807) is 0 Å². The van der Waals surface area contributed by atoms with E-state index in [0.717, 1.165) is 11.4 Å². The summed E-state index contributed by atoms with van der Waals surface area (Å²) in [5, 5.41) is 2.71. The molecule has 0 saturated heterocycles. The van der Waals surface area contributed by atoms with Crippen molar-refractivity contribution in [2.45, 2.75) is 6.55 Å². The Labute approximate surface area is 168 Å². The first kappa shape index (κ1) is 18.1. The van der Waals surface area contributed by atoms with Gasteiger partial charge in [-0.1, -0.05) is 97.1 Å². The fraction of sp³-hybridized carbons (Fsp3) is 0.0400. The molecule has 0 heterocycles. The van der Waals surface area contributed by atoms with Crippen molar-refractivity contribution in [3.05, 3.63) is 121 Å². The normalized spacial score (nSPS) is 11.0. The highest BCUT2D eigenvalue weighted by Crippen LogP contribution is 2.23. The first-order valence-electron chi connectivity index (χ1n) is 9.56. The summed E-state index contributed by atoms with van der Waals surface area (Å²) in [6, 6.07) is 42.7. The van der Waals surface area contributed by atoms with Gasteiger partial charge in [-0.25, -0.2) is 0 Å². The van der Waals surface area contributed by atoms with Gasteiger partial charge in [0.05, 0.1) is 5.69 Å². The van der Waals surface area contributed by atoms with Crippen molar-refractivity contribution in [3.8, 4) is 0 Å². The molecule has 0 aliphatic carbocycles. The monoisotopic (exact) mass is 380 g/mol. The Morgan fingerprint density at radius 1 is 0.536 bits per heavy atom. The highest BCUT2D eigenvalue weighted by molar-refractivity contribution is 7.04. The molecule has 2 nitrogen and oxygen atoms in total. The number of nitrogens with one attached hydrogen (secondary N) is 1. The van der Waals surface area contributed by atoms with Crippen LogP contribution in [0.2, 0.25) is 6.55 Å². The van der Waals surface area contributed by atoms with E-state index >= 15 is 0 Å². The minimum absolute atomic E-state index is 1.08. The van der Waals surface area contributed by atoms with Crippen molar-refractivity contribution >= 4 is 30.0 Å². The molecule has 0 aliphatic heterocycles. The molecule has 4 rings (SSSR count). The van der Waals surface area contributed by atoms with E-state index in [0.29, 0.717) is 0 Å². The zero-order chi connectivity index (χ0) is 19.2. The molecule has 0 bridgehead atoms. The molecule has 0 amide bonds. The van der Waals surface area contributed by atoms with E-state index in [9.17, 15) is 0 Å². The second kappa shape index (κ2) is 8.15. The molecule has 1 N–H and O–H groups in total. The highest BCUT2D eigenvalue weighted by Gasteiger charge is 2.40. The van der Waals surface area contributed by atoms with Gasteiger partial charge in [-0.05, 0) is 41.2 Å². The first-order valence-corrected chi connectivity index (χ1v) is 12.0. The summed E-state index contributed by atoms with van der Waals surface area (Å²) >= 11 is 0. The van der Waals surface area contributed by atoms with Crippen LogP contribution < -0.4 is 20.5 Å². The molecule has 4 aromatic carbocycles. The molecule has 28 heavy (non-hydrogen) atoms. The maximum atomic E-state index is 3.73. The predicted octanol–water partition coefficient (Wildman–Crippen LogP) is 4.91. The summed E-state index contributed by atoms with van der Waals surface area (Å²) < 4.78 is 2.40. The van der Waals surface area contributed by atoms with Gasteiger partial charge in [0.15, 0.2) is 0 Å². The van der Waals surface area contributed by atoms with Crippen LogP contribution in [0.3, 0.4) is 0 Å². The number of para-hydroxylation sites is 2. The SMILES string of the molecule is C[Si](c1ccccc1)(c1ccccc1)N(Nc1ccccc1)c1ccccc1. The van der Waals surface area contributed by atoms with Gasteiger partial charge in [-0.15, -0.1) is 0 Å². The van der Waals surface area contributed by atoms with Gasteiger partial charge in [0.2, 0.25) is 8.24 Å². The number of rotatable bonds is 6. The van der Waals surface area contributed by atoms with Gasteiger partial charge >= 0.3 is 0 Å². The van der Waals surface area contributed by atoms with Crippen LogP contribution in [0.15, 0.2) is 121 Å². The molecule has 3 heteroatoms. The van der Waals surface area contributed by atoms with Crippen molar-refractivity contribution in [3.63, 3.8) is 0 Å². The molecule has 0 unspecified atom stereocenters. The minimum atomic E-state index is -2.33. The predicted molar refractivity (Wildman–Crippen MR) is 123 cm³/mol. The van der Waals surface area contributed by atoms with Crippen molar-refractivity contribution in [2.24, 2.45) is 0 Å². The summed E-state index contributed by atoms with van der Waals surface area (Å²) in [7, 11) is -2.33. The quantitative estimate of drug-likeness (QED) is 0.378. The van der Waals surface area contributed by atoms with E-state index in [1.165, 1.54) is 10.4 Å². The molecule has 0 aliphatic rings. The van der Waals surface area contributed by atoms with Gasteiger partial charge in [0.25, 0.3) is 0 Å². The number of benzene rings is 4. The zero-order valence-corrected chi connectivity index (χ0v) is 17.0. The third-order valence-electron chi connectivity index (χ3n) is 5.15. The van der Waals surface area contributed by atoms with E-state index in [1.807, 2.05) is 6.07 Å². The second-order valence-corrected chi connectivity index (χ2v) is 10.7. The molecule has 138 valence electrons. The third-order valence-corrected chi connectivity index (χ3v) is 9.33. The van der Waals surface area contributed by atoms with Crippen LogP contribution in [0.5, 0.6) is 0 Å². The maximum absolute atomic E-state index is 3.73. The fourth-order valence-electron chi connectivity index (χ4n) is 3.60. The lowest BCUT2D eigenvalue weighted by Crippen LogP contribution is -2.70. The summed E-state index contributed by atoms with van der Waals surface area (Å²) in [5.41, 5.74) is 5.97. The van der Waals surface area contributed by atoms with Crippen LogP contribution in [0.4, 0.5) is 11.4 Å². The topological polar surface area (TPSA) is 15.3 Å². The van der Waals surface area contributed by atoms with Crippen molar-refractivity contribution < 1.29 is 0 Å². The lowest BCUT2D eigenvalue weighted by Gasteiger charge is -2.42. The average molecular weight is 381 g/mol. The Morgan fingerprint density at radius 2 is 0.929 bits per heavy atom. The Kier molecular flexibility index (Phi) is 5.26. The van der Waals surface area contributed by atoms with Crippen molar-refractivity contribution in [1.82, 2.24) is 0 Å². The highest BCUT2D eigenvalue weighted by atomic mass is 28.3. The standard InChI is InChI=1S/C25H24N2Si/c1-28(24-18-10-4-11-19-24,25-20-12-5-13-21-25)27(23-16-8-3-9-17-23)26-22-14-6-2-7-15-22/h2-21,26H,1H3. The zero-order valence-electron chi connectivity index (χ0n) is 16.0. The van der Waals surface area contributed by atoms with Crippen molar-refractivity contribution in [2.75, 3.05) is 10.1 Å². The number of hydrogen-bond donors (Lipinski definition) is 1. The van der Waals surface area contributed by atoms with Gasteiger partial charge in [-0.2, -0.15) is 0 Å². The Balaban J connectivity index is 1.91. The van der Waals surface area contributed by atoms with Crippen LogP contribution in [-0.4, -0.2) is 8.24 Å². The molecule has 0 atom stereocenters. The lowest BCUT2D eigenvalue weighted by atomic mass is 10.3. The molecule has 0 spiro atoms. The Bertz CT molecular complexity index is 950. The number of hydrazine groups is 1. The summed E-state index contributed by atoms with van der Waals surface area (Å²) in [5.74, 6) is 0. The number of nitrogens with zero attached hydrogens (tertiary/aromatic N) is 1. The van der Waals surface area contributed by atoms with E-state index in [-0.39, 0.29) is 0 Å². The summed E-state index contributed by atoms with van der Waals surface area (Å²) in [6.45, 7) is 2.40. The van der Waals surface area contributed by atoms with Crippen LogP contribution >= 0.6 is 0 Å². The first-order chi connectivity index (χ1) is 13.8. The van der Waals surface area contributed by atoms with E-state index in [4.69, 9.17) is 0 Å². The largest absolute Gasteiger partial charge is 0.306 e. The van der Waals surface area contributed by atoms with Gasteiger partial charge in [0, 0.05) is 5.69 Å². The van der Waals surface area contributed by atoms with Crippen LogP contribution in [-0.2, 0) is 0 Å². The summed E-state index contributed by atoms with van der Waals surface area (Å²) in [4.78, 5) is 0. The molecule has 0 fully saturated rings. The molecular weight excluding hydrogens is 356 g/mol. The van der Waals surface area contributed by atoms with Crippen LogP contribution in [0.25, 0.3) is 0 Å². The maximum Gasteiger partial charge on any atom is 0.240 e. The lowest BCUT2D eigenvalue weighted by molar-refractivity contribution is 1.22. The van der Waals surface area contributed by atoms with E-state index in [2.05, 4.69) is 132 Å². The summed E-state index contributed by atoms with van der Waals surface area (Å²) in [6.07, 6.45) is 0. The molecule has 4 aromatic rings. The van der Waals surface area contributed by atoms with Crippen LogP contribution in [0.1, 0.15) is 0 Å². The minimum Gasteiger partial charge on any atom is -0.306 e. The Hall–Kier alpha value is -3.30. The molecule has 0 radical (unpaired) electrons. The Morgan fingerprint density at radius 3 is 1.39 bits per heavy atom. The second-order valence-electron chi connectivity index (χ2n) is 6.95. The van der Waals surface area contributed by atoms with E-state index < -0.39 is 8.24 Å². The van der Waals surface area contributed by atoms with Gasteiger partial charge < -0.3 is 10.1 Å². The third kappa shape index (κ3) is 3.57. The van der Waals surface area contributed by atoms with Crippen LogP contribution in [0, 0.1) is 0 Å². The number of hydrogen-bond acceptors (Lipinski definition) is 2. The number of anilines is 2.